The molecule has 0 aromatic carbocycles. The van der Waals surface area contributed by atoms with Crippen molar-refractivity contribution in [2.45, 2.75) is 18.8 Å². The van der Waals surface area contributed by atoms with Crippen LogP contribution in [-0.4, -0.2) is 37.1 Å². The minimum atomic E-state index is -3.10. The van der Waals surface area contributed by atoms with Crippen molar-refractivity contribution in [3.63, 3.8) is 0 Å². The van der Waals surface area contributed by atoms with Crippen LogP contribution in [0.25, 0.3) is 0 Å². The molecule has 2 rings (SSSR count). The first-order valence-corrected chi connectivity index (χ1v) is 7.73. The average molecular weight is 262 g/mol. The minimum Gasteiger partial charge on any atom is -0.359 e. The summed E-state index contributed by atoms with van der Waals surface area (Å²) in [6, 6.07) is 0. The first kappa shape index (κ1) is 11.7. The van der Waals surface area contributed by atoms with Gasteiger partial charge in [0, 0.05) is 30.5 Å². The first-order valence-electron chi connectivity index (χ1n) is 5.07. The number of aromatic nitrogens is 2. The lowest BCUT2D eigenvalue weighted by Crippen LogP contribution is -2.27. The third-order valence-electron chi connectivity index (χ3n) is 2.15. The molecule has 0 atom stereocenters. The van der Waals surface area contributed by atoms with Gasteiger partial charge in [-0.25, -0.2) is 18.1 Å². The molecule has 2 N–H and O–H groups in total. The van der Waals surface area contributed by atoms with Gasteiger partial charge in [0.1, 0.15) is 5.82 Å². The van der Waals surface area contributed by atoms with Crippen molar-refractivity contribution in [2.24, 2.45) is 0 Å². The van der Waals surface area contributed by atoms with Gasteiger partial charge in [-0.1, -0.05) is 0 Å². The Morgan fingerprint density at radius 1 is 1.44 bits per heavy atom. The maximum absolute atomic E-state index is 10.8. The van der Waals surface area contributed by atoms with E-state index in [1.165, 1.54) is 24.4 Å². The maximum Gasteiger partial charge on any atom is 0.208 e. The van der Waals surface area contributed by atoms with Gasteiger partial charge in [0.15, 0.2) is 0 Å². The largest absolute Gasteiger partial charge is 0.359 e. The molecule has 90 valence electrons. The van der Waals surface area contributed by atoms with Gasteiger partial charge in [0.2, 0.25) is 15.2 Å². The molecule has 1 fully saturated rings. The Morgan fingerprint density at radius 3 is 2.81 bits per heavy atom. The number of hydrogen-bond donors (Lipinski definition) is 2. The quantitative estimate of drug-likeness (QED) is 0.724. The summed E-state index contributed by atoms with van der Waals surface area (Å²) in [5.74, 6) is 1.48. The van der Waals surface area contributed by atoms with E-state index < -0.39 is 10.0 Å². The molecule has 1 aliphatic rings. The summed E-state index contributed by atoms with van der Waals surface area (Å²) in [6.07, 6.45) is 3.51. The number of nitrogens with one attached hydrogen (secondary N) is 2. The van der Waals surface area contributed by atoms with Crippen LogP contribution in [0.4, 0.5) is 5.13 Å². The summed E-state index contributed by atoms with van der Waals surface area (Å²) < 4.78 is 28.2. The van der Waals surface area contributed by atoms with Crippen LogP contribution in [0, 0.1) is 0 Å². The molecule has 0 saturated heterocycles. The Hall–Kier alpha value is -0.730. The topological polar surface area (TPSA) is 84.0 Å². The Bertz CT molecular complexity index is 452. The van der Waals surface area contributed by atoms with Crippen LogP contribution in [0.5, 0.6) is 0 Å². The van der Waals surface area contributed by atoms with E-state index in [1.807, 2.05) is 0 Å². The molecule has 0 radical (unpaired) electrons. The van der Waals surface area contributed by atoms with E-state index in [2.05, 4.69) is 19.4 Å². The molecule has 1 heterocycles. The van der Waals surface area contributed by atoms with Crippen LogP contribution in [0.2, 0.25) is 0 Å². The van der Waals surface area contributed by atoms with Crippen LogP contribution in [0.3, 0.4) is 0 Å². The summed E-state index contributed by atoms with van der Waals surface area (Å²) in [5, 5.41) is 3.80. The molecule has 6 nitrogen and oxygen atoms in total. The number of anilines is 1. The Labute approximate surface area is 98.7 Å². The summed E-state index contributed by atoms with van der Waals surface area (Å²) in [5.41, 5.74) is 0. The number of sulfonamides is 1. The van der Waals surface area contributed by atoms with Gasteiger partial charge in [-0.3, -0.25) is 0 Å². The van der Waals surface area contributed by atoms with Crippen molar-refractivity contribution < 1.29 is 8.42 Å². The first-order chi connectivity index (χ1) is 7.54. The zero-order valence-corrected chi connectivity index (χ0v) is 10.6. The van der Waals surface area contributed by atoms with Crippen molar-refractivity contribution in [3.8, 4) is 0 Å². The van der Waals surface area contributed by atoms with Gasteiger partial charge in [0.05, 0.1) is 6.26 Å². The van der Waals surface area contributed by atoms with Crippen molar-refractivity contribution >= 4 is 26.7 Å². The van der Waals surface area contributed by atoms with E-state index >= 15 is 0 Å². The van der Waals surface area contributed by atoms with E-state index in [1.54, 1.807) is 0 Å². The highest BCUT2D eigenvalue weighted by molar-refractivity contribution is 7.88. The molecular weight excluding hydrogens is 248 g/mol. The molecule has 8 heteroatoms. The second kappa shape index (κ2) is 4.64. The predicted molar refractivity (Wildman–Crippen MR) is 63.2 cm³/mol. The molecule has 0 aliphatic heterocycles. The molecule has 16 heavy (non-hydrogen) atoms. The van der Waals surface area contributed by atoms with Gasteiger partial charge in [-0.2, -0.15) is 4.37 Å². The van der Waals surface area contributed by atoms with E-state index in [0.717, 1.165) is 17.2 Å². The number of hydrogen-bond acceptors (Lipinski definition) is 6. The Morgan fingerprint density at radius 2 is 2.19 bits per heavy atom. The molecule has 1 saturated carbocycles. The van der Waals surface area contributed by atoms with Crippen molar-refractivity contribution in [1.82, 2.24) is 14.1 Å². The molecule has 0 unspecified atom stereocenters. The SMILES string of the molecule is CS(=O)(=O)NCCNc1nc(C2CC2)ns1. The van der Waals surface area contributed by atoms with Crippen LogP contribution < -0.4 is 10.0 Å². The Balaban J connectivity index is 1.72. The maximum atomic E-state index is 10.8. The fraction of sp³-hybridized carbons (Fsp3) is 0.750. The van der Waals surface area contributed by atoms with E-state index in [0.29, 0.717) is 19.0 Å². The summed E-state index contributed by atoms with van der Waals surface area (Å²) in [7, 11) is -3.10. The van der Waals surface area contributed by atoms with Gasteiger partial charge in [-0.15, -0.1) is 0 Å². The van der Waals surface area contributed by atoms with Crippen LogP contribution in [-0.2, 0) is 10.0 Å². The lowest BCUT2D eigenvalue weighted by Gasteiger charge is -2.02. The van der Waals surface area contributed by atoms with Crippen LogP contribution in [0.15, 0.2) is 0 Å². The smallest absolute Gasteiger partial charge is 0.208 e. The number of rotatable bonds is 6. The zero-order chi connectivity index (χ0) is 11.6. The molecule has 1 aromatic rings. The van der Waals surface area contributed by atoms with Gasteiger partial charge in [-0.05, 0) is 12.8 Å². The predicted octanol–water partition coefficient (Wildman–Crippen LogP) is 0.377. The van der Waals surface area contributed by atoms with E-state index in [-0.39, 0.29) is 0 Å². The van der Waals surface area contributed by atoms with Crippen molar-refractivity contribution in [2.75, 3.05) is 24.7 Å². The molecular formula is C8H14N4O2S2. The monoisotopic (exact) mass is 262 g/mol. The van der Waals surface area contributed by atoms with Gasteiger partial charge in [0.25, 0.3) is 0 Å². The normalized spacial score (nSPS) is 16.3. The highest BCUT2D eigenvalue weighted by atomic mass is 32.2. The second-order valence-corrected chi connectivity index (χ2v) is 6.41. The van der Waals surface area contributed by atoms with Gasteiger partial charge < -0.3 is 5.32 Å². The Kier molecular flexibility index (Phi) is 3.41. The number of nitrogens with zero attached hydrogens (tertiary/aromatic N) is 2. The fourth-order valence-electron chi connectivity index (χ4n) is 1.22. The lowest BCUT2D eigenvalue weighted by molar-refractivity contribution is 0.589. The molecule has 0 amide bonds. The van der Waals surface area contributed by atoms with Crippen LogP contribution >= 0.6 is 11.5 Å². The standard InChI is InChI=1S/C8H14N4O2S2/c1-16(13,14)10-5-4-9-8-11-7(12-15-8)6-2-3-6/h6,10H,2-5H2,1H3,(H,9,11,12). The third kappa shape index (κ3) is 3.69. The summed E-state index contributed by atoms with van der Waals surface area (Å²) in [4.78, 5) is 4.33. The summed E-state index contributed by atoms with van der Waals surface area (Å²) in [6.45, 7) is 0.879. The molecule has 0 bridgehead atoms. The highest BCUT2D eigenvalue weighted by Crippen LogP contribution is 2.39. The highest BCUT2D eigenvalue weighted by Gasteiger charge is 2.27. The average Bonchev–Trinajstić information content (AvgIpc) is 2.93. The summed E-state index contributed by atoms with van der Waals surface area (Å²) >= 11 is 1.33. The van der Waals surface area contributed by atoms with Crippen molar-refractivity contribution in [1.29, 1.82) is 0 Å². The lowest BCUT2D eigenvalue weighted by atomic mass is 10.4. The third-order valence-corrected chi connectivity index (χ3v) is 3.57. The van der Waals surface area contributed by atoms with E-state index in [4.69, 9.17) is 0 Å². The zero-order valence-electron chi connectivity index (χ0n) is 8.93. The molecule has 1 aromatic heterocycles. The second-order valence-electron chi connectivity index (χ2n) is 3.83. The fourth-order valence-corrected chi connectivity index (χ4v) is 2.36. The van der Waals surface area contributed by atoms with Crippen LogP contribution in [0.1, 0.15) is 24.6 Å². The van der Waals surface area contributed by atoms with Gasteiger partial charge >= 0.3 is 0 Å². The van der Waals surface area contributed by atoms with E-state index in [9.17, 15) is 8.42 Å². The molecule has 0 spiro atoms. The minimum absolute atomic E-state index is 0.358. The molecule has 1 aliphatic carbocycles. The van der Waals surface area contributed by atoms with Crippen molar-refractivity contribution in [3.05, 3.63) is 5.82 Å².